The highest BCUT2D eigenvalue weighted by atomic mass is 32.2. The highest BCUT2D eigenvalue weighted by Crippen LogP contribution is 2.36. The highest BCUT2D eigenvalue weighted by Gasteiger charge is 2.30. The van der Waals surface area contributed by atoms with E-state index in [1.54, 1.807) is 18.3 Å². The predicted molar refractivity (Wildman–Crippen MR) is 103 cm³/mol. The van der Waals surface area contributed by atoms with Gasteiger partial charge in [-0.15, -0.1) is 0 Å². The average Bonchev–Trinajstić information content (AvgIpc) is 3.14. The molecule has 0 bridgehead atoms. The second kappa shape index (κ2) is 6.94. The summed E-state index contributed by atoms with van der Waals surface area (Å²) < 4.78 is 31.8. The molecule has 1 aliphatic rings. The Bertz CT molecular complexity index is 1070. The number of rotatable bonds is 4. The largest absolute Gasteiger partial charge is 0.294 e. The van der Waals surface area contributed by atoms with Crippen molar-refractivity contribution in [3.05, 3.63) is 90.3 Å². The molecule has 0 saturated heterocycles. The van der Waals surface area contributed by atoms with Gasteiger partial charge in [-0.2, -0.15) is 13.5 Å². The summed E-state index contributed by atoms with van der Waals surface area (Å²) >= 11 is 0. The molecule has 136 valence electrons. The first-order chi connectivity index (χ1) is 13.0. The van der Waals surface area contributed by atoms with E-state index in [0.29, 0.717) is 6.42 Å². The number of benzene rings is 2. The maximum Gasteiger partial charge on any atom is 0.294 e. The van der Waals surface area contributed by atoms with Crippen LogP contribution in [-0.2, 0) is 10.1 Å². The minimum Gasteiger partial charge on any atom is -0.282 e. The molecule has 0 radical (unpaired) electrons. The lowest BCUT2D eigenvalue weighted by atomic mass is 9.99. The summed E-state index contributed by atoms with van der Waals surface area (Å²) in [5, 5.41) is 6.66. The zero-order valence-electron chi connectivity index (χ0n) is 14.3. The van der Waals surface area contributed by atoms with Gasteiger partial charge in [-0.05, 0) is 41.5 Å². The molecule has 7 heteroatoms. The van der Waals surface area contributed by atoms with Crippen LogP contribution in [0.25, 0.3) is 0 Å². The number of aromatic nitrogens is 1. The Balaban J connectivity index is 1.74. The fourth-order valence-corrected chi connectivity index (χ4v) is 3.64. The minimum absolute atomic E-state index is 0.0505. The SMILES string of the molecule is O=S(=O)(O)c1ccc(N2N=C(c3ccccc3)C[C@@H]2c2cccnc2)cc1. The molecule has 0 spiro atoms. The zero-order valence-corrected chi connectivity index (χ0v) is 15.1. The predicted octanol–water partition coefficient (Wildman–Crippen LogP) is 3.68. The van der Waals surface area contributed by atoms with Crippen molar-refractivity contribution >= 4 is 21.5 Å². The molecular formula is C20H17N3O3S. The quantitative estimate of drug-likeness (QED) is 0.699. The van der Waals surface area contributed by atoms with Gasteiger partial charge in [0.15, 0.2) is 0 Å². The van der Waals surface area contributed by atoms with Gasteiger partial charge in [-0.3, -0.25) is 14.5 Å². The van der Waals surface area contributed by atoms with E-state index in [-0.39, 0.29) is 10.9 Å². The summed E-state index contributed by atoms with van der Waals surface area (Å²) in [5.41, 5.74) is 3.75. The van der Waals surface area contributed by atoms with Gasteiger partial charge >= 0.3 is 0 Å². The molecule has 0 unspecified atom stereocenters. The Kier molecular flexibility index (Phi) is 4.47. The number of hydrogen-bond donors (Lipinski definition) is 1. The average molecular weight is 379 g/mol. The van der Waals surface area contributed by atoms with Crippen LogP contribution in [0.5, 0.6) is 0 Å². The van der Waals surface area contributed by atoms with Crippen molar-refractivity contribution in [1.29, 1.82) is 0 Å². The van der Waals surface area contributed by atoms with Crippen LogP contribution in [0.2, 0.25) is 0 Å². The maximum absolute atomic E-state index is 11.3. The second-order valence-corrected chi connectivity index (χ2v) is 7.65. The van der Waals surface area contributed by atoms with Crippen molar-refractivity contribution in [3.63, 3.8) is 0 Å². The van der Waals surface area contributed by atoms with E-state index >= 15 is 0 Å². The first kappa shape index (κ1) is 17.4. The second-order valence-electron chi connectivity index (χ2n) is 6.23. The molecule has 0 amide bonds. The smallest absolute Gasteiger partial charge is 0.282 e. The lowest BCUT2D eigenvalue weighted by Crippen LogP contribution is -2.18. The van der Waals surface area contributed by atoms with Crippen molar-refractivity contribution in [1.82, 2.24) is 4.98 Å². The summed E-state index contributed by atoms with van der Waals surface area (Å²) in [6.07, 6.45) is 4.24. The molecule has 1 aromatic heterocycles. The van der Waals surface area contributed by atoms with Crippen molar-refractivity contribution in [2.75, 3.05) is 5.01 Å². The molecule has 27 heavy (non-hydrogen) atoms. The molecule has 1 atom stereocenters. The Morgan fingerprint density at radius 3 is 2.33 bits per heavy atom. The first-order valence-electron chi connectivity index (χ1n) is 8.42. The number of nitrogens with zero attached hydrogens (tertiary/aromatic N) is 3. The van der Waals surface area contributed by atoms with Gasteiger partial charge in [-0.1, -0.05) is 36.4 Å². The Morgan fingerprint density at radius 1 is 0.963 bits per heavy atom. The third-order valence-electron chi connectivity index (χ3n) is 4.49. The molecule has 0 fully saturated rings. The molecule has 3 aromatic rings. The van der Waals surface area contributed by atoms with Gasteiger partial charge in [0.2, 0.25) is 0 Å². The van der Waals surface area contributed by atoms with E-state index in [9.17, 15) is 13.0 Å². The van der Waals surface area contributed by atoms with Gasteiger partial charge in [0.05, 0.1) is 22.3 Å². The third kappa shape index (κ3) is 3.60. The van der Waals surface area contributed by atoms with Crippen LogP contribution in [0.1, 0.15) is 23.6 Å². The van der Waals surface area contributed by atoms with Crippen LogP contribution in [0.4, 0.5) is 5.69 Å². The van der Waals surface area contributed by atoms with Crippen LogP contribution in [-0.4, -0.2) is 23.7 Å². The van der Waals surface area contributed by atoms with Crippen LogP contribution in [0.3, 0.4) is 0 Å². The number of hydrazone groups is 1. The first-order valence-corrected chi connectivity index (χ1v) is 9.86. The molecule has 0 aliphatic carbocycles. The molecular weight excluding hydrogens is 362 g/mol. The fraction of sp³-hybridized carbons (Fsp3) is 0.100. The van der Waals surface area contributed by atoms with Gasteiger partial charge < -0.3 is 0 Å². The summed E-state index contributed by atoms with van der Waals surface area (Å²) in [5.74, 6) is 0. The zero-order chi connectivity index (χ0) is 18.9. The summed E-state index contributed by atoms with van der Waals surface area (Å²) in [6, 6.07) is 19.8. The topological polar surface area (TPSA) is 82.9 Å². The molecule has 1 N–H and O–H groups in total. The van der Waals surface area contributed by atoms with Gasteiger partial charge in [0.25, 0.3) is 10.1 Å². The summed E-state index contributed by atoms with van der Waals surface area (Å²) in [6.45, 7) is 0. The van der Waals surface area contributed by atoms with E-state index in [1.165, 1.54) is 12.1 Å². The molecule has 0 saturated carbocycles. The lowest BCUT2D eigenvalue weighted by Gasteiger charge is -2.23. The van der Waals surface area contributed by atoms with E-state index in [1.807, 2.05) is 53.7 Å². The van der Waals surface area contributed by atoms with Crippen molar-refractivity contribution in [2.24, 2.45) is 5.10 Å². The Morgan fingerprint density at radius 2 is 1.70 bits per heavy atom. The Hall–Kier alpha value is -3.03. The molecule has 2 aromatic carbocycles. The van der Waals surface area contributed by atoms with Crippen molar-refractivity contribution in [2.45, 2.75) is 17.4 Å². The van der Waals surface area contributed by atoms with Crippen molar-refractivity contribution in [3.8, 4) is 0 Å². The molecule has 6 nitrogen and oxygen atoms in total. The normalized spacial score (nSPS) is 17.0. The summed E-state index contributed by atoms with van der Waals surface area (Å²) in [4.78, 5) is 4.07. The van der Waals surface area contributed by atoms with Gasteiger partial charge in [0, 0.05) is 18.8 Å². The minimum atomic E-state index is -4.23. The fourth-order valence-electron chi connectivity index (χ4n) is 3.16. The number of hydrogen-bond acceptors (Lipinski definition) is 5. The molecule has 2 heterocycles. The van der Waals surface area contributed by atoms with Crippen LogP contribution in [0.15, 0.2) is 89.1 Å². The lowest BCUT2D eigenvalue weighted by molar-refractivity contribution is 0.483. The molecule has 1 aliphatic heterocycles. The van der Waals surface area contributed by atoms with E-state index < -0.39 is 10.1 Å². The van der Waals surface area contributed by atoms with E-state index in [4.69, 9.17) is 5.10 Å². The summed E-state index contributed by atoms with van der Waals surface area (Å²) in [7, 11) is -4.23. The van der Waals surface area contributed by atoms with Crippen molar-refractivity contribution < 1.29 is 13.0 Å². The highest BCUT2D eigenvalue weighted by molar-refractivity contribution is 7.85. The number of anilines is 1. The van der Waals surface area contributed by atoms with Crippen LogP contribution in [0, 0.1) is 0 Å². The monoisotopic (exact) mass is 379 g/mol. The van der Waals surface area contributed by atoms with Crippen LogP contribution >= 0.6 is 0 Å². The van der Waals surface area contributed by atoms with E-state index in [2.05, 4.69) is 4.98 Å². The van der Waals surface area contributed by atoms with Gasteiger partial charge in [0.1, 0.15) is 0 Å². The van der Waals surface area contributed by atoms with Crippen LogP contribution < -0.4 is 5.01 Å². The van der Waals surface area contributed by atoms with E-state index in [0.717, 1.165) is 22.5 Å². The standard InChI is InChI=1S/C20H17N3O3S/c24-27(25,26)18-10-8-17(9-11-18)23-20(16-7-4-12-21-14-16)13-19(22-23)15-5-2-1-3-6-15/h1-12,14,20H,13H2,(H,24,25,26)/t20-/m1/s1. The maximum atomic E-state index is 11.3. The number of pyridine rings is 1. The molecule has 4 rings (SSSR count). The third-order valence-corrected chi connectivity index (χ3v) is 5.35. The van der Waals surface area contributed by atoms with Gasteiger partial charge in [-0.25, -0.2) is 0 Å². The Labute approximate surface area is 157 Å².